The Bertz CT molecular complexity index is 312. The van der Waals surface area contributed by atoms with Crippen LogP contribution in [0.15, 0.2) is 9.98 Å². The van der Waals surface area contributed by atoms with Crippen LogP contribution in [0.5, 0.6) is 0 Å². The lowest BCUT2D eigenvalue weighted by Gasteiger charge is -2.27. The van der Waals surface area contributed by atoms with Crippen molar-refractivity contribution in [2.45, 2.75) is 31.7 Å². The maximum Gasteiger partial charge on any atom is 0.186 e. The van der Waals surface area contributed by atoms with Crippen LogP contribution in [0.25, 0.3) is 0 Å². The fraction of sp³-hybridized carbons (Fsp3) is 0.700. The summed E-state index contributed by atoms with van der Waals surface area (Å²) in [5, 5.41) is 12.1. The molecule has 0 spiro atoms. The van der Waals surface area contributed by atoms with Gasteiger partial charge in [0, 0.05) is 18.0 Å². The molecule has 1 aliphatic carbocycles. The van der Waals surface area contributed by atoms with Crippen LogP contribution in [0.4, 0.5) is 5.13 Å². The first-order valence-corrected chi connectivity index (χ1v) is 6.97. The van der Waals surface area contributed by atoms with Crippen LogP contribution in [0.3, 0.4) is 0 Å². The minimum absolute atomic E-state index is 0.202. The molecule has 0 aliphatic heterocycles. The van der Waals surface area contributed by atoms with Gasteiger partial charge in [0.05, 0.1) is 6.61 Å². The van der Waals surface area contributed by atoms with Gasteiger partial charge in [-0.15, -0.1) is 11.3 Å². The molecular formula is C10H15BrN2OS. The van der Waals surface area contributed by atoms with Gasteiger partial charge in [0.2, 0.25) is 0 Å². The van der Waals surface area contributed by atoms with Gasteiger partial charge in [0.15, 0.2) is 5.13 Å². The predicted molar refractivity (Wildman–Crippen MR) is 66.5 cm³/mol. The summed E-state index contributed by atoms with van der Waals surface area (Å²) in [5.41, 5.74) is 0. The molecule has 3 nitrogen and oxygen atoms in total. The molecule has 1 aromatic rings. The SMILES string of the molecule is OCCN(c1nc(Br)cs1)C1CCCC1. The molecule has 1 aromatic heterocycles. The zero-order chi connectivity index (χ0) is 10.7. The Balaban J connectivity index is 2.11. The van der Waals surface area contributed by atoms with Gasteiger partial charge in [-0.25, -0.2) is 4.98 Å². The van der Waals surface area contributed by atoms with Crippen LogP contribution in [0.2, 0.25) is 0 Å². The highest BCUT2D eigenvalue weighted by Gasteiger charge is 2.24. The van der Waals surface area contributed by atoms with Crippen LogP contribution in [-0.4, -0.2) is 29.3 Å². The molecule has 0 aromatic carbocycles. The van der Waals surface area contributed by atoms with Crippen LogP contribution in [0.1, 0.15) is 25.7 Å². The maximum absolute atomic E-state index is 9.09. The number of aliphatic hydroxyl groups is 1. The smallest absolute Gasteiger partial charge is 0.186 e. The Hall–Kier alpha value is -0.130. The first kappa shape index (κ1) is 11.4. The van der Waals surface area contributed by atoms with Crippen LogP contribution in [0, 0.1) is 0 Å². The predicted octanol–water partition coefficient (Wildman–Crippen LogP) is 2.65. The van der Waals surface area contributed by atoms with Gasteiger partial charge in [-0.1, -0.05) is 12.8 Å². The standard InChI is InChI=1S/C10H15BrN2OS/c11-9-7-15-10(12-9)13(5-6-14)8-3-1-2-4-8/h7-8,14H,1-6H2. The van der Waals surface area contributed by atoms with Crippen molar-refractivity contribution in [2.24, 2.45) is 0 Å². The van der Waals surface area contributed by atoms with Crippen molar-refractivity contribution in [1.29, 1.82) is 0 Å². The van der Waals surface area contributed by atoms with Gasteiger partial charge in [0.25, 0.3) is 0 Å². The van der Waals surface area contributed by atoms with Crippen molar-refractivity contribution in [3.63, 3.8) is 0 Å². The Morgan fingerprint density at radius 1 is 1.53 bits per heavy atom. The van der Waals surface area contributed by atoms with E-state index in [2.05, 4.69) is 25.8 Å². The van der Waals surface area contributed by atoms with E-state index in [4.69, 9.17) is 5.11 Å². The van der Waals surface area contributed by atoms with E-state index >= 15 is 0 Å². The Labute approximate surface area is 102 Å². The van der Waals surface area contributed by atoms with E-state index < -0.39 is 0 Å². The summed E-state index contributed by atoms with van der Waals surface area (Å²) in [5.74, 6) is 0. The second-order valence-corrected chi connectivity index (χ2v) is 5.46. The van der Waals surface area contributed by atoms with E-state index in [1.165, 1.54) is 25.7 Å². The summed E-state index contributed by atoms with van der Waals surface area (Å²) in [4.78, 5) is 6.68. The number of rotatable bonds is 4. The number of halogens is 1. The highest BCUT2D eigenvalue weighted by molar-refractivity contribution is 9.10. The molecular weight excluding hydrogens is 276 g/mol. The number of aromatic nitrogens is 1. The van der Waals surface area contributed by atoms with Crippen molar-refractivity contribution in [1.82, 2.24) is 4.98 Å². The third kappa shape index (κ3) is 2.71. The summed E-state index contributed by atoms with van der Waals surface area (Å²) in [6.45, 7) is 0.901. The van der Waals surface area contributed by atoms with Gasteiger partial charge in [-0.3, -0.25) is 0 Å². The average molecular weight is 291 g/mol. The van der Waals surface area contributed by atoms with Crippen LogP contribution < -0.4 is 4.90 Å². The molecule has 1 heterocycles. The molecule has 0 amide bonds. The molecule has 0 unspecified atom stereocenters. The molecule has 0 saturated heterocycles. The number of nitrogens with zero attached hydrogens (tertiary/aromatic N) is 2. The largest absolute Gasteiger partial charge is 0.395 e. The Kier molecular flexibility index (Phi) is 3.99. The maximum atomic E-state index is 9.09. The number of anilines is 1. The fourth-order valence-electron chi connectivity index (χ4n) is 2.14. The van der Waals surface area contributed by atoms with Gasteiger partial charge >= 0.3 is 0 Å². The lowest BCUT2D eigenvalue weighted by atomic mass is 10.2. The lowest BCUT2D eigenvalue weighted by Crippen LogP contribution is -2.35. The second-order valence-electron chi connectivity index (χ2n) is 3.81. The fourth-order valence-corrected chi connectivity index (χ4v) is 3.48. The Morgan fingerprint density at radius 3 is 2.80 bits per heavy atom. The van der Waals surface area contributed by atoms with E-state index in [9.17, 15) is 0 Å². The van der Waals surface area contributed by atoms with Crippen molar-refractivity contribution >= 4 is 32.4 Å². The molecule has 1 saturated carbocycles. The number of thiazole rings is 1. The Morgan fingerprint density at radius 2 is 2.27 bits per heavy atom. The van der Waals surface area contributed by atoms with E-state index in [1.54, 1.807) is 11.3 Å². The topological polar surface area (TPSA) is 36.4 Å². The van der Waals surface area contributed by atoms with E-state index in [1.807, 2.05) is 5.38 Å². The average Bonchev–Trinajstić information content (AvgIpc) is 2.85. The molecule has 1 fully saturated rings. The van der Waals surface area contributed by atoms with E-state index in [-0.39, 0.29) is 6.61 Å². The monoisotopic (exact) mass is 290 g/mol. The summed E-state index contributed by atoms with van der Waals surface area (Å²) >= 11 is 5.01. The molecule has 0 bridgehead atoms. The normalized spacial score (nSPS) is 17.2. The van der Waals surface area contributed by atoms with E-state index in [0.29, 0.717) is 12.6 Å². The summed E-state index contributed by atoms with van der Waals surface area (Å²) in [6, 6.07) is 0.579. The number of aliphatic hydroxyl groups excluding tert-OH is 1. The quantitative estimate of drug-likeness (QED) is 0.926. The summed E-state index contributed by atoms with van der Waals surface area (Å²) in [7, 11) is 0. The molecule has 0 radical (unpaired) electrons. The summed E-state index contributed by atoms with van der Waals surface area (Å²) in [6.07, 6.45) is 5.08. The van der Waals surface area contributed by atoms with Crippen molar-refractivity contribution in [2.75, 3.05) is 18.1 Å². The van der Waals surface area contributed by atoms with E-state index in [0.717, 1.165) is 9.73 Å². The minimum Gasteiger partial charge on any atom is -0.395 e. The zero-order valence-corrected chi connectivity index (χ0v) is 10.9. The molecule has 0 atom stereocenters. The van der Waals surface area contributed by atoms with Crippen LogP contribution in [-0.2, 0) is 0 Å². The third-order valence-corrected chi connectivity index (χ3v) is 4.40. The highest BCUT2D eigenvalue weighted by atomic mass is 79.9. The molecule has 84 valence electrons. The minimum atomic E-state index is 0.202. The molecule has 15 heavy (non-hydrogen) atoms. The van der Waals surface area contributed by atoms with Crippen molar-refractivity contribution in [3.05, 3.63) is 9.98 Å². The first-order valence-electron chi connectivity index (χ1n) is 5.30. The molecule has 1 aliphatic rings. The van der Waals surface area contributed by atoms with Crippen molar-refractivity contribution in [3.8, 4) is 0 Å². The second kappa shape index (κ2) is 5.27. The van der Waals surface area contributed by atoms with Crippen molar-refractivity contribution < 1.29 is 5.11 Å². The zero-order valence-electron chi connectivity index (χ0n) is 8.53. The first-order chi connectivity index (χ1) is 7.31. The molecule has 1 N–H and O–H groups in total. The molecule has 5 heteroatoms. The highest BCUT2D eigenvalue weighted by Crippen LogP contribution is 2.31. The van der Waals surface area contributed by atoms with Gasteiger partial charge in [0.1, 0.15) is 4.60 Å². The number of hydrogen-bond acceptors (Lipinski definition) is 4. The van der Waals surface area contributed by atoms with Gasteiger partial charge in [-0.2, -0.15) is 0 Å². The van der Waals surface area contributed by atoms with Crippen LogP contribution >= 0.6 is 27.3 Å². The van der Waals surface area contributed by atoms with Gasteiger partial charge in [-0.05, 0) is 28.8 Å². The lowest BCUT2D eigenvalue weighted by molar-refractivity contribution is 0.297. The third-order valence-electron chi connectivity index (χ3n) is 2.82. The number of hydrogen-bond donors (Lipinski definition) is 1. The van der Waals surface area contributed by atoms with Gasteiger partial charge < -0.3 is 10.0 Å². The molecule has 2 rings (SSSR count). The summed E-state index contributed by atoms with van der Waals surface area (Å²) < 4.78 is 0.892.